The Labute approximate surface area is 156 Å². The number of thioether (sulfide) groups is 1. The molecule has 0 bridgehead atoms. The molecule has 0 heterocycles. The molecule has 132 valence electrons. The Bertz CT molecular complexity index is 734. The van der Waals surface area contributed by atoms with Crippen molar-refractivity contribution in [2.24, 2.45) is 0 Å². The van der Waals surface area contributed by atoms with Gasteiger partial charge in [-0.2, -0.15) is 0 Å². The zero-order chi connectivity index (χ0) is 18.2. The quantitative estimate of drug-likeness (QED) is 0.584. The first-order valence-corrected chi connectivity index (χ1v) is 9.36. The van der Waals surface area contributed by atoms with E-state index in [1.54, 1.807) is 30.0 Å². The molecule has 1 atom stereocenters. The van der Waals surface area contributed by atoms with Gasteiger partial charge in [0, 0.05) is 9.92 Å². The molecular formula is C19H20ClNO3S. The van der Waals surface area contributed by atoms with Crippen molar-refractivity contribution in [2.45, 2.75) is 23.8 Å². The van der Waals surface area contributed by atoms with E-state index < -0.39 is 6.04 Å². The van der Waals surface area contributed by atoms with Crippen molar-refractivity contribution in [1.82, 2.24) is 5.32 Å². The number of nitrogens with one attached hydrogen (secondary N) is 1. The van der Waals surface area contributed by atoms with Gasteiger partial charge in [-0.3, -0.25) is 9.59 Å². The monoisotopic (exact) mass is 377 g/mol. The standard InChI is InChI=1S/C19H20ClNO3S/c1-24-19(23)12-17(14-6-8-16(25-2)9-7-14)21-18(22)11-13-4-3-5-15(20)10-13/h3-10,17H,11-12H2,1-2H3,(H,21,22). The molecule has 0 radical (unpaired) electrons. The highest BCUT2D eigenvalue weighted by Gasteiger charge is 2.19. The molecule has 2 aromatic carbocycles. The van der Waals surface area contributed by atoms with Crippen molar-refractivity contribution < 1.29 is 14.3 Å². The first-order valence-electron chi connectivity index (χ1n) is 7.76. The second-order valence-corrected chi connectivity index (χ2v) is 6.80. The van der Waals surface area contributed by atoms with Gasteiger partial charge in [-0.25, -0.2) is 0 Å². The normalized spacial score (nSPS) is 11.6. The number of hydrogen-bond acceptors (Lipinski definition) is 4. The van der Waals surface area contributed by atoms with Gasteiger partial charge in [0.25, 0.3) is 0 Å². The van der Waals surface area contributed by atoms with Crippen LogP contribution in [0.25, 0.3) is 0 Å². The van der Waals surface area contributed by atoms with Crippen LogP contribution in [0.1, 0.15) is 23.6 Å². The van der Waals surface area contributed by atoms with Crippen LogP contribution in [0.5, 0.6) is 0 Å². The van der Waals surface area contributed by atoms with Gasteiger partial charge >= 0.3 is 5.97 Å². The fourth-order valence-electron chi connectivity index (χ4n) is 2.42. The number of benzene rings is 2. The number of carbonyl (C=O) groups is 2. The van der Waals surface area contributed by atoms with E-state index in [-0.39, 0.29) is 24.7 Å². The fourth-order valence-corrected chi connectivity index (χ4v) is 3.04. The van der Waals surface area contributed by atoms with Gasteiger partial charge in [0.05, 0.1) is 26.0 Å². The third-order valence-electron chi connectivity index (χ3n) is 3.71. The van der Waals surface area contributed by atoms with Gasteiger partial charge in [-0.1, -0.05) is 35.9 Å². The van der Waals surface area contributed by atoms with E-state index in [9.17, 15) is 9.59 Å². The van der Waals surface area contributed by atoms with E-state index >= 15 is 0 Å². The third kappa shape index (κ3) is 6.11. The summed E-state index contributed by atoms with van der Waals surface area (Å²) in [6.07, 6.45) is 2.27. The average molecular weight is 378 g/mol. The summed E-state index contributed by atoms with van der Waals surface area (Å²) in [6, 6.07) is 14.5. The second kappa shape index (κ2) is 9.49. The number of esters is 1. The summed E-state index contributed by atoms with van der Waals surface area (Å²) < 4.78 is 4.75. The Kier molecular flexibility index (Phi) is 7.34. The second-order valence-electron chi connectivity index (χ2n) is 5.48. The molecule has 1 amide bonds. The van der Waals surface area contributed by atoms with Crippen LogP contribution in [0.4, 0.5) is 0 Å². The molecule has 0 aliphatic carbocycles. The lowest BCUT2D eigenvalue weighted by atomic mass is 10.0. The van der Waals surface area contributed by atoms with E-state index in [4.69, 9.17) is 16.3 Å². The molecule has 0 spiro atoms. The maximum atomic E-state index is 12.4. The number of hydrogen-bond donors (Lipinski definition) is 1. The van der Waals surface area contributed by atoms with Crippen LogP contribution < -0.4 is 5.32 Å². The van der Waals surface area contributed by atoms with E-state index in [0.717, 1.165) is 16.0 Å². The highest BCUT2D eigenvalue weighted by molar-refractivity contribution is 7.98. The molecular weight excluding hydrogens is 358 g/mol. The van der Waals surface area contributed by atoms with Crippen molar-refractivity contribution in [3.05, 3.63) is 64.7 Å². The molecule has 2 rings (SSSR count). The predicted octanol–water partition coefficient (Wildman–Crippen LogP) is 4.03. The first-order chi connectivity index (χ1) is 12.0. The number of halogens is 1. The number of methoxy groups -OCH3 is 1. The van der Waals surface area contributed by atoms with Gasteiger partial charge in [0.15, 0.2) is 0 Å². The van der Waals surface area contributed by atoms with Crippen LogP contribution in [-0.2, 0) is 20.7 Å². The van der Waals surface area contributed by atoms with Gasteiger partial charge in [-0.15, -0.1) is 11.8 Å². The van der Waals surface area contributed by atoms with Crippen molar-refractivity contribution in [3.8, 4) is 0 Å². The molecule has 1 N–H and O–H groups in total. The minimum atomic E-state index is -0.435. The molecule has 0 aromatic heterocycles. The molecule has 0 saturated carbocycles. The summed E-state index contributed by atoms with van der Waals surface area (Å²) >= 11 is 7.58. The minimum absolute atomic E-state index is 0.0798. The molecule has 0 aliphatic heterocycles. The summed E-state index contributed by atoms with van der Waals surface area (Å²) in [6.45, 7) is 0. The Morgan fingerprint density at radius 1 is 1.20 bits per heavy atom. The lowest BCUT2D eigenvalue weighted by Crippen LogP contribution is -2.31. The Morgan fingerprint density at radius 2 is 1.92 bits per heavy atom. The predicted molar refractivity (Wildman–Crippen MR) is 101 cm³/mol. The maximum absolute atomic E-state index is 12.4. The van der Waals surface area contributed by atoms with Gasteiger partial charge in [0.1, 0.15) is 0 Å². The minimum Gasteiger partial charge on any atom is -0.469 e. The summed E-state index contributed by atoms with van der Waals surface area (Å²) in [5.41, 5.74) is 1.68. The molecule has 6 heteroatoms. The average Bonchev–Trinajstić information content (AvgIpc) is 2.61. The molecule has 2 aromatic rings. The number of ether oxygens (including phenoxy) is 1. The van der Waals surface area contributed by atoms with Crippen LogP contribution in [0, 0.1) is 0 Å². The SMILES string of the molecule is COC(=O)CC(NC(=O)Cc1cccc(Cl)c1)c1ccc(SC)cc1. The highest BCUT2D eigenvalue weighted by atomic mass is 35.5. The van der Waals surface area contributed by atoms with Crippen LogP contribution in [0.15, 0.2) is 53.4 Å². The van der Waals surface area contributed by atoms with E-state index in [1.807, 2.05) is 36.6 Å². The largest absolute Gasteiger partial charge is 0.469 e. The molecule has 4 nitrogen and oxygen atoms in total. The van der Waals surface area contributed by atoms with Gasteiger partial charge < -0.3 is 10.1 Å². The van der Waals surface area contributed by atoms with Gasteiger partial charge in [0.2, 0.25) is 5.91 Å². The zero-order valence-corrected chi connectivity index (χ0v) is 15.7. The Hall–Kier alpha value is -1.98. The van der Waals surface area contributed by atoms with E-state index in [2.05, 4.69) is 5.32 Å². The van der Waals surface area contributed by atoms with Crippen LogP contribution >= 0.6 is 23.4 Å². The van der Waals surface area contributed by atoms with Crippen LogP contribution in [0.3, 0.4) is 0 Å². The fraction of sp³-hybridized carbons (Fsp3) is 0.263. The van der Waals surface area contributed by atoms with E-state index in [1.165, 1.54) is 7.11 Å². The summed E-state index contributed by atoms with van der Waals surface area (Å²) in [5.74, 6) is -0.549. The third-order valence-corrected chi connectivity index (χ3v) is 4.68. The zero-order valence-electron chi connectivity index (χ0n) is 14.1. The molecule has 0 fully saturated rings. The summed E-state index contributed by atoms with van der Waals surface area (Å²) in [4.78, 5) is 25.2. The van der Waals surface area contributed by atoms with Crippen molar-refractivity contribution in [2.75, 3.05) is 13.4 Å². The summed E-state index contributed by atoms with van der Waals surface area (Å²) in [7, 11) is 1.34. The number of amides is 1. The lowest BCUT2D eigenvalue weighted by Gasteiger charge is -2.18. The topological polar surface area (TPSA) is 55.4 Å². The molecule has 0 aliphatic rings. The lowest BCUT2D eigenvalue weighted by molar-refractivity contribution is -0.141. The van der Waals surface area contributed by atoms with Crippen molar-refractivity contribution in [1.29, 1.82) is 0 Å². The first kappa shape index (κ1) is 19.3. The Morgan fingerprint density at radius 3 is 2.52 bits per heavy atom. The van der Waals surface area contributed by atoms with Crippen molar-refractivity contribution in [3.63, 3.8) is 0 Å². The van der Waals surface area contributed by atoms with Crippen LogP contribution in [0.2, 0.25) is 5.02 Å². The van der Waals surface area contributed by atoms with Crippen molar-refractivity contribution >= 4 is 35.2 Å². The van der Waals surface area contributed by atoms with Gasteiger partial charge in [-0.05, 0) is 41.6 Å². The van der Waals surface area contributed by atoms with Crippen LogP contribution in [-0.4, -0.2) is 25.2 Å². The molecule has 1 unspecified atom stereocenters. The maximum Gasteiger partial charge on any atom is 0.307 e. The smallest absolute Gasteiger partial charge is 0.307 e. The molecule has 25 heavy (non-hydrogen) atoms. The van der Waals surface area contributed by atoms with E-state index in [0.29, 0.717) is 5.02 Å². The number of rotatable bonds is 7. The number of carbonyl (C=O) groups excluding carboxylic acids is 2. The highest BCUT2D eigenvalue weighted by Crippen LogP contribution is 2.22. The Balaban J connectivity index is 2.11. The summed E-state index contributed by atoms with van der Waals surface area (Å²) in [5, 5.41) is 3.50. The molecule has 0 saturated heterocycles.